The number of aliphatic hydroxyl groups excluding tert-OH is 1. The predicted molar refractivity (Wildman–Crippen MR) is 60.6 cm³/mol. The van der Waals surface area contributed by atoms with Crippen molar-refractivity contribution in [3.8, 4) is 0 Å². The molecule has 0 aliphatic heterocycles. The van der Waals surface area contributed by atoms with Crippen LogP contribution in [0.15, 0.2) is 18.5 Å². The smallest absolute Gasteiger partial charge is 0.0584 e. The van der Waals surface area contributed by atoms with Crippen molar-refractivity contribution in [3.05, 3.63) is 18.5 Å². The van der Waals surface area contributed by atoms with E-state index >= 15 is 0 Å². The molecule has 1 heterocycles. The van der Waals surface area contributed by atoms with Crippen molar-refractivity contribution in [3.63, 3.8) is 0 Å². The molecule has 0 saturated carbocycles. The Balaban J connectivity index is 2.21. The fourth-order valence-corrected chi connectivity index (χ4v) is 1.54. The fourth-order valence-electron chi connectivity index (χ4n) is 1.54. The van der Waals surface area contributed by atoms with Crippen molar-refractivity contribution in [1.29, 1.82) is 0 Å². The zero-order valence-corrected chi connectivity index (χ0v) is 9.56. The van der Waals surface area contributed by atoms with Crippen LogP contribution >= 0.6 is 0 Å². The lowest BCUT2D eigenvalue weighted by Gasteiger charge is -2.20. The Morgan fingerprint density at radius 1 is 1.53 bits per heavy atom. The Labute approximate surface area is 91.3 Å². The Hall–Kier alpha value is -0.870. The van der Waals surface area contributed by atoms with Gasteiger partial charge in [0, 0.05) is 31.0 Å². The molecule has 86 valence electrons. The highest BCUT2D eigenvalue weighted by Gasteiger charge is 2.08. The lowest BCUT2D eigenvalue weighted by molar-refractivity contribution is 0.226. The van der Waals surface area contributed by atoms with Crippen LogP contribution in [0.3, 0.4) is 0 Å². The third-order valence-electron chi connectivity index (χ3n) is 2.58. The van der Waals surface area contributed by atoms with Gasteiger partial charge in [-0.05, 0) is 25.8 Å². The molecule has 0 bridgehead atoms. The monoisotopic (exact) mass is 211 g/mol. The third-order valence-corrected chi connectivity index (χ3v) is 2.58. The predicted octanol–water partition coefficient (Wildman–Crippen LogP) is 1.02. The molecule has 0 fully saturated rings. The summed E-state index contributed by atoms with van der Waals surface area (Å²) in [7, 11) is 0. The Morgan fingerprint density at radius 2 is 2.33 bits per heavy atom. The quantitative estimate of drug-likeness (QED) is 0.708. The zero-order valence-electron chi connectivity index (χ0n) is 9.56. The van der Waals surface area contributed by atoms with Gasteiger partial charge in [-0.1, -0.05) is 6.92 Å². The molecule has 0 amide bonds. The van der Waals surface area contributed by atoms with Crippen LogP contribution in [0.4, 0.5) is 0 Å². The molecule has 4 heteroatoms. The maximum atomic E-state index is 9.05. The number of hydrogen-bond acceptors (Lipinski definition) is 3. The van der Waals surface area contributed by atoms with Crippen LogP contribution < -0.4 is 5.32 Å². The van der Waals surface area contributed by atoms with Crippen molar-refractivity contribution in [1.82, 2.24) is 15.1 Å². The number of aromatic nitrogens is 2. The van der Waals surface area contributed by atoms with E-state index in [-0.39, 0.29) is 12.6 Å². The summed E-state index contributed by atoms with van der Waals surface area (Å²) in [5.74, 6) is 0. The SMILES string of the molecule is CC[C@H](CO)NC(C)CCn1cccn1. The minimum Gasteiger partial charge on any atom is -0.395 e. The Bertz CT molecular complexity index is 244. The molecule has 0 saturated heterocycles. The topological polar surface area (TPSA) is 50.1 Å². The molecular formula is C11H21N3O. The largest absolute Gasteiger partial charge is 0.395 e. The van der Waals surface area contributed by atoms with E-state index in [0.717, 1.165) is 19.4 Å². The average Bonchev–Trinajstić information content (AvgIpc) is 2.75. The number of aliphatic hydroxyl groups is 1. The summed E-state index contributed by atoms with van der Waals surface area (Å²) in [5, 5.41) is 16.6. The summed E-state index contributed by atoms with van der Waals surface area (Å²) in [6.45, 7) is 5.35. The number of aryl methyl sites for hydroxylation is 1. The molecule has 2 atom stereocenters. The van der Waals surface area contributed by atoms with Gasteiger partial charge in [-0.15, -0.1) is 0 Å². The minimum absolute atomic E-state index is 0.211. The van der Waals surface area contributed by atoms with Gasteiger partial charge in [0.15, 0.2) is 0 Å². The summed E-state index contributed by atoms with van der Waals surface area (Å²) < 4.78 is 1.93. The molecule has 0 spiro atoms. The fraction of sp³-hybridized carbons (Fsp3) is 0.727. The van der Waals surface area contributed by atoms with Crippen molar-refractivity contribution >= 4 is 0 Å². The molecule has 0 aliphatic carbocycles. The summed E-state index contributed by atoms with van der Waals surface area (Å²) in [6.07, 6.45) is 5.75. The number of nitrogens with one attached hydrogen (secondary N) is 1. The second-order valence-corrected chi connectivity index (χ2v) is 3.91. The third kappa shape index (κ3) is 4.44. The van der Waals surface area contributed by atoms with E-state index < -0.39 is 0 Å². The van der Waals surface area contributed by atoms with Crippen molar-refractivity contribution in [2.24, 2.45) is 0 Å². The first-order valence-corrected chi connectivity index (χ1v) is 5.60. The second kappa shape index (κ2) is 6.58. The molecule has 0 aliphatic rings. The van der Waals surface area contributed by atoms with Gasteiger partial charge in [-0.25, -0.2) is 0 Å². The number of rotatable bonds is 7. The van der Waals surface area contributed by atoms with Gasteiger partial charge in [0.25, 0.3) is 0 Å². The maximum Gasteiger partial charge on any atom is 0.0584 e. The lowest BCUT2D eigenvalue weighted by Crippen LogP contribution is -2.39. The average molecular weight is 211 g/mol. The zero-order chi connectivity index (χ0) is 11.1. The summed E-state index contributed by atoms with van der Waals surface area (Å²) in [6, 6.07) is 2.56. The highest BCUT2D eigenvalue weighted by molar-refractivity contribution is 4.78. The molecule has 1 unspecified atom stereocenters. The first-order chi connectivity index (χ1) is 7.26. The Kier molecular flexibility index (Phi) is 5.36. The van der Waals surface area contributed by atoms with Crippen LogP contribution in [0.5, 0.6) is 0 Å². The van der Waals surface area contributed by atoms with E-state index in [4.69, 9.17) is 5.11 Å². The first-order valence-electron chi connectivity index (χ1n) is 5.60. The van der Waals surface area contributed by atoms with Crippen LogP contribution in [-0.4, -0.2) is 33.6 Å². The normalized spacial score (nSPS) is 15.1. The van der Waals surface area contributed by atoms with Crippen LogP contribution in [-0.2, 0) is 6.54 Å². The number of hydrogen-bond donors (Lipinski definition) is 2. The first kappa shape index (κ1) is 12.2. The highest BCUT2D eigenvalue weighted by Crippen LogP contribution is 1.99. The summed E-state index contributed by atoms with van der Waals surface area (Å²) in [4.78, 5) is 0. The van der Waals surface area contributed by atoms with Crippen molar-refractivity contribution < 1.29 is 5.11 Å². The van der Waals surface area contributed by atoms with Gasteiger partial charge in [0.05, 0.1) is 6.61 Å². The standard InChI is InChI=1S/C11H21N3O/c1-3-11(9-15)13-10(2)5-8-14-7-4-6-12-14/h4,6-7,10-11,13,15H,3,5,8-9H2,1-2H3/t10?,11-/m1/s1. The molecule has 0 aromatic carbocycles. The minimum atomic E-state index is 0.211. The van der Waals surface area contributed by atoms with Gasteiger partial charge in [0.1, 0.15) is 0 Å². The van der Waals surface area contributed by atoms with Crippen LogP contribution in [0.25, 0.3) is 0 Å². The van der Waals surface area contributed by atoms with Gasteiger partial charge in [-0.3, -0.25) is 4.68 Å². The van der Waals surface area contributed by atoms with Gasteiger partial charge in [-0.2, -0.15) is 5.10 Å². The molecule has 1 aromatic rings. The van der Waals surface area contributed by atoms with Gasteiger partial charge < -0.3 is 10.4 Å². The lowest BCUT2D eigenvalue weighted by atomic mass is 10.1. The molecular weight excluding hydrogens is 190 g/mol. The Morgan fingerprint density at radius 3 is 2.87 bits per heavy atom. The van der Waals surface area contributed by atoms with Crippen LogP contribution in [0, 0.1) is 0 Å². The molecule has 15 heavy (non-hydrogen) atoms. The van der Waals surface area contributed by atoms with E-state index in [9.17, 15) is 0 Å². The molecule has 4 nitrogen and oxygen atoms in total. The summed E-state index contributed by atoms with van der Waals surface area (Å²) in [5.41, 5.74) is 0. The van der Waals surface area contributed by atoms with E-state index in [1.54, 1.807) is 6.20 Å². The second-order valence-electron chi connectivity index (χ2n) is 3.91. The van der Waals surface area contributed by atoms with Crippen molar-refractivity contribution in [2.45, 2.75) is 45.3 Å². The molecule has 1 aromatic heterocycles. The molecule has 2 N–H and O–H groups in total. The maximum absolute atomic E-state index is 9.05. The van der Waals surface area contributed by atoms with Gasteiger partial charge in [0.2, 0.25) is 0 Å². The van der Waals surface area contributed by atoms with Gasteiger partial charge >= 0.3 is 0 Å². The van der Waals surface area contributed by atoms with Crippen LogP contribution in [0.1, 0.15) is 26.7 Å². The molecule has 0 radical (unpaired) electrons. The number of nitrogens with zero attached hydrogens (tertiary/aromatic N) is 2. The van der Waals surface area contributed by atoms with E-state index in [0.29, 0.717) is 6.04 Å². The van der Waals surface area contributed by atoms with E-state index in [2.05, 4.69) is 24.3 Å². The highest BCUT2D eigenvalue weighted by atomic mass is 16.3. The summed E-state index contributed by atoms with van der Waals surface area (Å²) >= 11 is 0. The van der Waals surface area contributed by atoms with E-state index in [1.165, 1.54) is 0 Å². The van der Waals surface area contributed by atoms with Crippen molar-refractivity contribution in [2.75, 3.05) is 6.61 Å². The van der Waals surface area contributed by atoms with Crippen LogP contribution in [0.2, 0.25) is 0 Å². The molecule has 1 rings (SSSR count). The van der Waals surface area contributed by atoms with E-state index in [1.807, 2.05) is 16.9 Å².